The Morgan fingerprint density at radius 2 is 1.59 bits per heavy atom. The molecule has 2 rings (SSSR count). The molecule has 0 spiro atoms. The van der Waals surface area contributed by atoms with E-state index in [9.17, 15) is 0 Å². The van der Waals surface area contributed by atoms with Gasteiger partial charge in [0.25, 0.3) is 0 Å². The lowest BCUT2D eigenvalue weighted by atomic mass is 10.1. The van der Waals surface area contributed by atoms with Crippen molar-refractivity contribution in [2.45, 2.75) is 26.4 Å². The minimum Gasteiger partial charge on any atom is -0.306 e. The van der Waals surface area contributed by atoms with Crippen LogP contribution in [0.3, 0.4) is 0 Å². The molecule has 0 aliphatic rings. The number of hydrogen-bond donors (Lipinski definition) is 1. The van der Waals surface area contributed by atoms with E-state index in [2.05, 4.69) is 73.8 Å². The van der Waals surface area contributed by atoms with Gasteiger partial charge < -0.3 is 5.32 Å². The second-order valence-electron chi connectivity index (χ2n) is 4.50. The minimum absolute atomic E-state index is 0.387. The molecule has 0 fully saturated rings. The molecule has 0 saturated heterocycles. The summed E-state index contributed by atoms with van der Waals surface area (Å²) in [6.45, 7) is 5.23. The lowest BCUT2D eigenvalue weighted by Gasteiger charge is -2.14. The molecule has 2 aromatic rings. The van der Waals surface area contributed by atoms with Gasteiger partial charge in [-0.1, -0.05) is 60.2 Å². The monoisotopic (exact) mass is 225 g/mol. The largest absolute Gasteiger partial charge is 0.306 e. The van der Waals surface area contributed by atoms with Crippen molar-refractivity contribution in [1.82, 2.24) is 5.32 Å². The Bertz CT molecular complexity index is 445. The van der Waals surface area contributed by atoms with Gasteiger partial charge >= 0.3 is 0 Å². The maximum atomic E-state index is 3.53. The molecular weight excluding hydrogens is 206 g/mol. The van der Waals surface area contributed by atoms with Crippen LogP contribution in [0.2, 0.25) is 0 Å². The first-order chi connectivity index (χ1) is 8.25. The molecule has 1 heteroatoms. The molecule has 1 N–H and O–H groups in total. The van der Waals surface area contributed by atoms with Crippen LogP contribution in [0.15, 0.2) is 54.6 Å². The Morgan fingerprint density at radius 1 is 0.941 bits per heavy atom. The maximum Gasteiger partial charge on any atom is 0.0294 e. The van der Waals surface area contributed by atoms with Gasteiger partial charge in [-0.3, -0.25) is 0 Å². The summed E-state index contributed by atoms with van der Waals surface area (Å²) < 4.78 is 0. The van der Waals surface area contributed by atoms with E-state index in [1.165, 1.54) is 16.7 Å². The van der Waals surface area contributed by atoms with Crippen molar-refractivity contribution >= 4 is 0 Å². The fourth-order valence-electron chi connectivity index (χ4n) is 1.84. The molecule has 0 saturated carbocycles. The molecule has 17 heavy (non-hydrogen) atoms. The zero-order valence-corrected chi connectivity index (χ0v) is 10.5. The first-order valence-electron chi connectivity index (χ1n) is 6.09. The highest BCUT2D eigenvalue weighted by Gasteiger charge is 2.03. The molecule has 0 heterocycles. The van der Waals surface area contributed by atoms with Gasteiger partial charge in [-0.05, 0) is 25.0 Å². The van der Waals surface area contributed by atoms with E-state index in [0.29, 0.717) is 6.04 Å². The highest BCUT2D eigenvalue weighted by Crippen LogP contribution is 2.12. The van der Waals surface area contributed by atoms with Gasteiger partial charge in [-0.15, -0.1) is 0 Å². The van der Waals surface area contributed by atoms with Crippen molar-refractivity contribution in [2.24, 2.45) is 0 Å². The number of hydrogen-bond acceptors (Lipinski definition) is 1. The summed E-state index contributed by atoms with van der Waals surface area (Å²) in [7, 11) is 0. The van der Waals surface area contributed by atoms with Gasteiger partial charge in [0, 0.05) is 12.6 Å². The fourth-order valence-corrected chi connectivity index (χ4v) is 1.84. The number of benzene rings is 2. The highest BCUT2D eigenvalue weighted by atomic mass is 14.9. The van der Waals surface area contributed by atoms with Gasteiger partial charge in [0.05, 0.1) is 0 Å². The van der Waals surface area contributed by atoms with Crippen molar-refractivity contribution in [1.29, 1.82) is 0 Å². The molecule has 0 bridgehead atoms. The molecular formula is C16H19N. The Hall–Kier alpha value is -1.60. The quantitative estimate of drug-likeness (QED) is 0.833. The van der Waals surface area contributed by atoms with E-state index in [4.69, 9.17) is 0 Å². The average Bonchev–Trinajstić information content (AvgIpc) is 2.39. The van der Waals surface area contributed by atoms with Crippen LogP contribution in [0.25, 0.3) is 0 Å². The summed E-state index contributed by atoms with van der Waals surface area (Å²) in [4.78, 5) is 0. The molecule has 1 nitrogen and oxygen atoms in total. The summed E-state index contributed by atoms with van der Waals surface area (Å²) in [6.07, 6.45) is 0. The highest BCUT2D eigenvalue weighted by molar-refractivity contribution is 5.22. The zero-order valence-electron chi connectivity index (χ0n) is 10.5. The van der Waals surface area contributed by atoms with Crippen LogP contribution in [0, 0.1) is 6.92 Å². The van der Waals surface area contributed by atoms with Gasteiger partial charge in [-0.2, -0.15) is 0 Å². The van der Waals surface area contributed by atoms with Crippen LogP contribution in [-0.4, -0.2) is 0 Å². The van der Waals surface area contributed by atoms with Crippen molar-refractivity contribution in [2.75, 3.05) is 0 Å². The minimum atomic E-state index is 0.387. The first kappa shape index (κ1) is 11.9. The Balaban J connectivity index is 1.92. The Labute approximate surface area is 103 Å². The van der Waals surface area contributed by atoms with E-state index < -0.39 is 0 Å². The second kappa shape index (κ2) is 5.65. The molecule has 0 aliphatic heterocycles. The molecule has 2 aromatic carbocycles. The standard InChI is InChI=1S/C16H19N/c1-13-8-10-15(11-9-13)12-17-14(2)16-6-4-3-5-7-16/h3-11,14,17H,12H2,1-2H3/t14-/m0/s1. The van der Waals surface area contributed by atoms with E-state index in [1.807, 2.05) is 0 Å². The van der Waals surface area contributed by atoms with Crippen molar-refractivity contribution in [3.05, 3.63) is 71.3 Å². The van der Waals surface area contributed by atoms with Gasteiger partial charge in [0.2, 0.25) is 0 Å². The average molecular weight is 225 g/mol. The summed E-state index contributed by atoms with van der Waals surface area (Å²) in [5, 5.41) is 3.53. The van der Waals surface area contributed by atoms with E-state index >= 15 is 0 Å². The van der Waals surface area contributed by atoms with Crippen LogP contribution in [0.5, 0.6) is 0 Å². The van der Waals surface area contributed by atoms with E-state index in [-0.39, 0.29) is 0 Å². The molecule has 0 radical (unpaired) electrons. The lowest BCUT2D eigenvalue weighted by molar-refractivity contribution is 0.574. The molecule has 0 aliphatic carbocycles. The first-order valence-corrected chi connectivity index (χ1v) is 6.09. The van der Waals surface area contributed by atoms with Crippen molar-refractivity contribution < 1.29 is 0 Å². The van der Waals surface area contributed by atoms with Crippen LogP contribution >= 0.6 is 0 Å². The van der Waals surface area contributed by atoms with Gasteiger partial charge in [0.1, 0.15) is 0 Å². The molecule has 0 aromatic heterocycles. The maximum absolute atomic E-state index is 3.53. The van der Waals surface area contributed by atoms with Crippen molar-refractivity contribution in [3.63, 3.8) is 0 Å². The predicted octanol–water partition coefficient (Wildman–Crippen LogP) is 3.85. The zero-order chi connectivity index (χ0) is 12.1. The normalized spacial score (nSPS) is 12.4. The predicted molar refractivity (Wildman–Crippen MR) is 72.9 cm³/mol. The topological polar surface area (TPSA) is 12.0 Å². The van der Waals surface area contributed by atoms with Gasteiger partial charge in [0.15, 0.2) is 0 Å². The number of nitrogens with one attached hydrogen (secondary N) is 1. The third-order valence-corrected chi connectivity index (χ3v) is 3.03. The third-order valence-electron chi connectivity index (χ3n) is 3.03. The molecule has 0 unspecified atom stereocenters. The van der Waals surface area contributed by atoms with Crippen molar-refractivity contribution in [3.8, 4) is 0 Å². The third kappa shape index (κ3) is 3.43. The smallest absolute Gasteiger partial charge is 0.0294 e. The summed E-state index contributed by atoms with van der Waals surface area (Å²) in [5.74, 6) is 0. The number of aryl methyl sites for hydroxylation is 1. The molecule has 88 valence electrons. The van der Waals surface area contributed by atoms with Crippen LogP contribution < -0.4 is 5.32 Å². The Kier molecular flexibility index (Phi) is 3.94. The van der Waals surface area contributed by atoms with Crippen LogP contribution in [0.1, 0.15) is 29.7 Å². The number of rotatable bonds is 4. The molecule has 0 amide bonds. The van der Waals surface area contributed by atoms with Crippen LogP contribution in [0.4, 0.5) is 0 Å². The summed E-state index contributed by atoms with van der Waals surface area (Å²) in [5.41, 5.74) is 3.97. The van der Waals surface area contributed by atoms with E-state index in [1.54, 1.807) is 0 Å². The summed E-state index contributed by atoms with van der Waals surface area (Å²) in [6, 6.07) is 19.6. The van der Waals surface area contributed by atoms with Gasteiger partial charge in [-0.25, -0.2) is 0 Å². The fraction of sp³-hybridized carbons (Fsp3) is 0.250. The Morgan fingerprint density at radius 3 is 2.24 bits per heavy atom. The molecule has 1 atom stereocenters. The SMILES string of the molecule is Cc1ccc(CN[C@@H](C)c2ccccc2)cc1. The summed E-state index contributed by atoms with van der Waals surface area (Å²) >= 11 is 0. The van der Waals surface area contributed by atoms with Crippen LogP contribution in [-0.2, 0) is 6.54 Å². The second-order valence-corrected chi connectivity index (χ2v) is 4.50. The van der Waals surface area contributed by atoms with E-state index in [0.717, 1.165) is 6.54 Å². The lowest BCUT2D eigenvalue weighted by Crippen LogP contribution is -2.17.